The number of anilines is 1. The molecule has 9 nitrogen and oxygen atoms in total. The Balaban J connectivity index is 2.05. The molecule has 1 aromatic heterocycles. The van der Waals surface area contributed by atoms with E-state index in [9.17, 15) is 13.2 Å². The Kier molecular flexibility index (Phi) is 4.16. The predicted octanol–water partition coefficient (Wildman–Crippen LogP) is -1.52. The molecule has 0 spiro atoms. The third-order valence-corrected chi connectivity index (χ3v) is 4.30. The van der Waals surface area contributed by atoms with Gasteiger partial charge in [0.2, 0.25) is 10.0 Å². The van der Waals surface area contributed by atoms with Crippen LogP contribution in [0, 0.1) is 0 Å². The Morgan fingerprint density at radius 1 is 1.30 bits per heavy atom. The van der Waals surface area contributed by atoms with Gasteiger partial charge in [0.1, 0.15) is 5.69 Å². The maximum Gasteiger partial charge on any atom is 0.274 e. The molecule has 0 saturated carbocycles. The number of nitrogens with one attached hydrogen (secondary N) is 1. The molecule has 110 valence electrons. The van der Waals surface area contributed by atoms with Gasteiger partial charge in [0.25, 0.3) is 5.91 Å². The molecule has 1 aromatic rings. The number of rotatable bonds is 3. The molecule has 0 radical (unpaired) electrons. The van der Waals surface area contributed by atoms with Crippen LogP contribution in [0.2, 0.25) is 0 Å². The van der Waals surface area contributed by atoms with Crippen molar-refractivity contribution >= 4 is 21.7 Å². The first-order chi connectivity index (χ1) is 9.41. The van der Waals surface area contributed by atoms with Gasteiger partial charge in [-0.3, -0.25) is 9.78 Å². The lowest BCUT2D eigenvalue weighted by Gasteiger charge is -2.32. The van der Waals surface area contributed by atoms with Crippen LogP contribution in [0.25, 0.3) is 0 Å². The standard InChI is InChI=1S/C10H16N6O3S/c1-20(18,19)16-4-2-15(3-5-16)10(17)8-6-12-7-9(13-8)14-11/h6-7H,2-5,11H2,1H3,(H,13,14). The number of nitrogens with zero attached hydrogens (tertiary/aromatic N) is 4. The maximum atomic E-state index is 12.2. The highest BCUT2D eigenvalue weighted by Crippen LogP contribution is 2.10. The Bertz CT molecular complexity index is 597. The van der Waals surface area contributed by atoms with Crippen LogP contribution >= 0.6 is 0 Å². The molecule has 10 heteroatoms. The average molecular weight is 300 g/mol. The molecule has 1 fully saturated rings. The molecule has 1 amide bonds. The van der Waals surface area contributed by atoms with Gasteiger partial charge in [0.15, 0.2) is 5.82 Å². The van der Waals surface area contributed by atoms with Crippen molar-refractivity contribution in [3.05, 3.63) is 18.1 Å². The summed E-state index contributed by atoms with van der Waals surface area (Å²) in [5.41, 5.74) is 2.49. The zero-order valence-corrected chi connectivity index (χ0v) is 11.8. The number of hydrazine groups is 1. The van der Waals surface area contributed by atoms with Gasteiger partial charge in [-0.25, -0.2) is 19.2 Å². The van der Waals surface area contributed by atoms with Gasteiger partial charge in [-0.05, 0) is 0 Å². The lowest BCUT2D eigenvalue weighted by Crippen LogP contribution is -2.50. The maximum absolute atomic E-state index is 12.2. The van der Waals surface area contributed by atoms with Crippen molar-refractivity contribution in [2.24, 2.45) is 5.84 Å². The van der Waals surface area contributed by atoms with Gasteiger partial charge in [-0.2, -0.15) is 4.31 Å². The minimum Gasteiger partial charge on any atom is -0.335 e. The summed E-state index contributed by atoms with van der Waals surface area (Å²) < 4.78 is 24.1. The van der Waals surface area contributed by atoms with E-state index >= 15 is 0 Å². The number of piperazine rings is 1. The number of hydrogen-bond acceptors (Lipinski definition) is 7. The molecule has 0 unspecified atom stereocenters. The van der Waals surface area contributed by atoms with E-state index in [4.69, 9.17) is 5.84 Å². The van der Waals surface area contributed by atoms with E-state index in [1.54, 1.807) is 4.90 Å². The van der Waals surface area contributed by atoms with Crippen molar-refractivity contribution in [3.63, 3.8) is 0 Å². The Morgan fingerprint density at radius 2 is 1.95 bits per heavy atom. The quantitative estimate of drug-likeness (QED) is 0.513. The second-order valence-electron chi connectivity index (χ2n) is 4.39. The number of aromatic nitrogens is 2. The van der Waals surface area contributed by atoms with Gasteiger partial charge in [-0.1, -0.05) is 0 Å². The highest BCUT2D eigenvalue weighted by atomic mass is 32.2. The topological polar surface area (TPSA) is 122 Å². The van der Waals surface area contributed by atoms with Crippen molar-refractivity contribution in [3.8, 4) is 0 Å². The molecule has 0 aromatic carbocycles. The fourth-order valence-electron chi connectivity index (χ4n) is 1.92. The van der Waals surface area contributed by atoms with Crippen LogP contribution in [0.1, 0.15) is 10.5 Å². The van der Waals surface area contributed by atoms with Gasteiger partial charge < -0.3 is 10.3 Å². The third kappa shape index (κ3) is 3.21. The van der Waals surface area contributed by atoms with Crippen LogP contribution in [-0.2, 0) is 10.0 Å². The molecule has 2 heterocycles. The average Bonchev–Trinajstić information content (AvgIpc) is 2.46. The summed E-state index contributed by atoms with van der Waals surface area (Å²) >= 11 is 0. The van der Waals surface area contributed by atoms with E-state index in [-0.39, 0.29) is 24.7 Å². The normalized spacial score (nSPS) is 17.0. The SMILES string of the molecule is CS(=O)(=O)N1CCN(C(=O)c2cncc(NN)n2)CC1. The molecule has 20 heavy (non-hydrogen) atoms. The predicted molar refractivity (Wildman–Crippen MR) is 72.2 cm³/mol. The zero-order chi connectivity index (χ0) is 14.8. The summed E-state index contributed by atoms with van der Waals surface area (Å²) in [6.45, 7) is 1.22. The van der Waals surface area contributed by atoms with E-state index in [1.165, 1.54) is 16.7 Å². The van der Waals surface area contributed by atoms with Gasteiger partial charge in [0.05, 0.1) is 18.6 Å². The minimum absolute atomic E-state index is 0.174. The van der Waals surface area contributed by atoms with Crippen LogP contribution in [0.5, 0.6) is 0 Å². The van der Waals surface area contributed by atoms with Crippen molar-refractivity contribution in [2.45, 2.75) is 0 Å². The van der Waals surface area contributed by atoms with Crippen molar-refractivity contribution in [1.29, 1.82) is 0 Å². The molecular formula is C10H16N6O3S. The summed E-state index contributed by atoms with van der Waals surface area (Å²) in [4.78, 5) is 21.6. The summed E-state index contributed by atoms with van der Waals surface area (Å²) in [5.74, 6) is 5.22. The number of nitrogens with two attached hydrogens (primary N) is 1. The monoisotopic (exact) mass is 300 g/mol. The molecule has 3 N–H and O–H groups in total. The minimum atomic E-state index is -3.21. The van der Waals surface area contributed by atoms with Gasteiger partial charge in [0, 0.05) is 26.2 Å². The fourth-order valence-corrected chi connectivity index (χ4v) is 2.75. The molecule has 0 atom stereocenters. The summed E-state index contributed by atoms with van der Waals surface area (Å²) in [6, 6.07) is 0. The first kappa shape index (κ1) is 14.6. The fraction of sp³-hybridized carbons (Fsp3) is 0.500. The lowest BCUT2D eigenvalue weighted by molar-refractivity contribution is 0.0692. The number of amides is 1. The van der Waals surface area contributed by atoms with E-state index < -0.39 is 10.0 Å². The Morgan fingerprint density at radius 3 is 2.50 bits per heavy atom. The van der Waals surface area contributed by atoms with Crippen LogP contribution in [0.4, 0.5) is 5.82 Å². The summed E-state index contributed by atoms with van der Waals surface area (Å²) in [6.07, 6.45) is 3.91. The zero-order valence-electron chi connectivity index (χ0n) is 11.0. The van der Waals surface area contributed by atoms with Crippen LogP contribution < -0.4 is 11.3 Å². The summed E-state index contributed by atoms with van der Waals surface area (Å²) in [5, 5.41) is 0. The van der Waals surface area contributed by atoms with Crippen molar-refractivity contribution < 1.29 is 13.2 Å². The first-order valence-corrected chi connectivity index (χ1v) is 7.79. The Hall–Kier alpha value is -1.78. The lowest BCUT2D eigenvalue weighted by atomic mass is 10.3. The second kappa shape index (κ2) is 5.69. The number of hydrogen-bond donors (Lipinski definition) is 2. The first-order valence-electron chi connectivity index (χ1n) is 5.95. The second-order valence-corrected chi connectivity index (χ2v) is 6.37. The molecule has 1 aliphatic heterocycles. The number of carbonyl (C=O) groups excluding carboxylic acids is 1. The van der Waals surface area contributed by atoms with Crippen molar-refractivity contribution in [1.82, 2.24) is 19.2 Å². The Labute approximate surface area is 116 Å². The van der Waals surface area contributed by atoms with Gasteiger partial charge in [-0.15, -0.1) is 0 Å². The molecule has 2 rings (SSSR count). The highest BCUT2D eigenvalue weighted by Gasteiger charge is 2.27. The number of nitrogen functional groups attached to an aromatic ring is 1. The molecular weight excluding hydrogens is 284 g/mol. The highest BCUT2D eigenvalue weighted by molar-refractivity contribution is 7.88. The molecule has 1 saturated heterocycles. The smallest absolute Gasteiger partial charge is 0.274 e. The van der Waals surface area contributed by atoms with E-state index in [0.717, 1.165) is 6.26 Å². The van der Waals surface area contributed by atoms with E-state index in [1.807, 2.05) is 0 Å². The van der Waals surface area contributed by atoms with E-state index in [2.05, 4.69) is 15.4 Å². The van der Waals surface area contributed by atoms with Crippen molar-refractivity contribution in [2.75, 3.05) is 37.9 Å². The largest absolute Gasteiger partial charge is 0.335 e. The molecule has 1 aliphatic rings. The van der Waals surface area contributed by atoms with E-state index in [0.29, 0.717) is 18.9 Å². The number of sulfonamides is 1. The van der Waals surface area contributed by atoms with Crippen LogP contribution in [-0.4, -0.2) is 65.9 Å². The number of carbonyl (C=O) groups is 1. The molecule has 0 aliphatic carbocycles. The molecule has 0 bridgehead atoms. The van der Waals surface area contributed by atoms with Gasteiger partial charge >= 0.3 is 0 Å². The van der Waals surface area contributed by atoms with Crippen LogP contribution in [0.15, 0.2) is 12.4 Å². The summed E-state index contributed by atoms with van der Waals surface area (Å²) in [7, 11) is -3.21. The third-order valence-electron chi connectivity index (χ3n) is 3.00. The van der Waals surface area contributed by atoms with Crippen LogP contribution in [0.3, 0.4) is 0 Å².